The van der Waals surface area contributed by atoms with Gasteiger partial charge in [0.05, 0.1) is 24.8 Å². The van der Waals surface area contributed by atoms with Gasteiger partial charge in [-0.2, -0.15) is 5.26 Å². The molecular formula is C16H23N3O2. The van der Waals surface area contributed by atoms with Gasteiger partial charge >= 0.3 is 0 Å². The molecule has 1 aromatic carbocycles. The highest BCUT2D eigenvalue weighted by molar-refractivity contribution is 5.78. The van der Waals surface area contributed by atoms with Crippen LogP contribution in [0.15, 0.2) is 24.3 Å². The summed E-state index contributed by atoms with van der Waals surface area (Å²) < 4.78 is 4.94. The fourth-order valence-electron chi connectivity index (χ4n) is 1.95. The Hall–Kier alpha value is -1.90. The highest BCUT2D eigenvalue weighted by Gasteiger charge is 2.12. The SMILES string of the molecule is CCCN(Cc1ccc(C#N)cc1)C(=O)CNCCOC. The Balaban J connectivity index is 2.55. The molecule has 1 aromatic rings. The Morgan fingerprint density at radius 2 is 2.10 bits per heavy atom. The lowest BCUT2D eigenvalue weighted by atomic mass is 10.1. The first kappa shape index (κ1) is 17.2. The third kappa shape index (κ3) is 6.39. The second-order valence-electron chi connectivity index (χ2n) is 4.79. The number of nitrogens with zero attached hydrogens (tertiary/aromatic N) is 2. The minimum atomic E-state index is 0.0808. The molecule has 1 N–H and O–H groups in total. The first-order chi connectivity index (χ1) is 10.2. The minimum Gasteiger partial charge on any atom is -0.383 e. The average Bonchev–Trinajstić information content (AvgIpc) is 2.51. The zero-order valence-corrected chi connectivity index (χ0v) is 12.8. The van der Waals surface area contributed by atoms with E-state index in [1.165, 1.54) is 0 Å². The maximum atomic E-state index is 12.2. The first-order valence-electron chi connectivity index (χ1n) is 7.17. The van der Waals surface area contributed by atoms with E-state index in [1.807, 2.05) is 17.0 Å². The molecule has 0 atom stereocenters. The minimum absolute atomic E-state index is 0.0808. The summed E-state index contributed by atoms with van der Waals surface area (Å²) in [5, 5.41) is 11.9. The van der Waals surface area contributed by atoms with Crippen LogP contribution in [0.25, 0.3) is 0 Å². The Morgan fingerprint density at radius 1 is 1.38 bits per heavy atom. The number of amides is 1. The maximum absolute atomic E-state index is 12.2. The van der Waals surface area contributed by atoms with Crippen molar-refractivity contribution < 1.29 is 9.53 Å². The van der Waals surface area contributed by atoms with Crippen molar-refractivity contribution in [3.05, 3.63) is 35.4 Å². The smallest absolute Gasteiger partial charge is 0.236 e. The molecular weight excluding hydrogens is 266 g/mol. The molecule has 0 fully saturated rings. The molecule has 0 unspecified atom stereocenters. The lowest BCUT2D eigenvalue weighted by Gasteiger charge is -2.22. The Morgan fingerprint density at radius 3 is 2.67 bits per heavy atom. The summed E-state index contributed by atoms with van der Waals surface area (Å²) in [6, 6.07) is 9.44. The van der Waals surface area contributed by atoms with Gasteiger partial charge in [0.2, 0.25) is 5.91 Å². The van der Waals surface area contributed by atoms with E-state index in [-0.39, 0.29) is 5.91 Å². The monoisotopic (exact) mass is 289 g/mol. The second-order valence-corrected chi connectivity index (χ2v) is 4.79. The average molecular weight is 289 g/mol. The second kappa shape index (κ2) is 9.92. The molecule has 0 aliphatic heterocycles. The number of benzene rings is 1. The van der Waals surface area contributed by atoms with Crippen LogP contribution < -0.4 is 5.32 Å². The van der Waals surface area contributed by atoms with Crippen molar-refractivity contribution >= 4 is 5.91 Å². The normalized spacial score (nSPS) is 10.1. The predicted octanol–water partition coefficient (Wildman–Crippen LogP) is 1.53. The summed E-state index contributed by atoms with van der Waals surface area (Å²) in [7, 11) is 1.64. The third-order valence-electron chi connectivity index (χ3n) is 3.06. The van der Waals surface area contributed by atoms with Crippen molar-refractivity contribution in [2.45, 2.75) is 19.9 Å². The van der Waals surface area contributed by atoms with Crippen molar-refractivity contribution in [1.82, 2.24) is 10.2 Å². The standard InChI is InChI=1S/C16H23N3O2/c1-3-9-19(16(20)12-18-8-10-21-2)13-15-6-4-14(11-17)5-7-15/h4-7,18H,3,8-10,12-13H2,1-2H3. The molecule has 0 saturated heterocycles. The van der Waals surface area contributed by atoms with Crippen molar-refractivity contribution in [3.63, 3.8) is 0 Å². The van der Waals surface area contributed by atoms with E-state index in [0.29, 0.717) is 31.8 Å². The van der Waals surface area contributed by atoms with Crippen LogP contribution in [0.3, 0.4) is 0 Å². The number of ether oxygens (including phenoxy) is 1. The van der Waals surface area contributed by atoms with Gasteiger partial charge in [0.1, 0.15) is 0 Å². The lowest BCUT2D eigenvalue weighted by Crippen LogP contribution is -2.39. The van der Waals surface area contributed by atoms with Crippen LogP contribution in [0.5, 0.6) is 0 Å². The van der Waals surface area contributed by atoms with Gasteiger partial charge < -0.3 is 15.0 Å². The van der Waals surface area contributed by atoms with Gasteiger partial charge in [0.25, 0.3) is 0 Å². The van der Waals surface area contributed by atoms with Gasteiger partial charge in [-0.05, 0) is 24.1 Å². The summed E-state index contributed by atoms with van der Waals surface area (Å²) in [6.07, 6.45) is 0.917. The predicted molar refractivity (Wildman–Crippen MR) is 81.6 cm³/mol. The highest BCUT2D eigenvalue weighted by atomic mass is 16.5. The molecule has 0 aliphatic carbocycles. The van der Waals surface area contributed by atoms with Crippen LogP contribution in [0, 0.1) is 11.3 Å². The van der Waals surface area contributed by atoms with Crippen molar-refractivity contribution in [1.29, 1.82) is 5.26 Å². The number of carbonyl (C=O) groups excluding carboxylic acids is 1. The molecule has 114 valence electrons. The number of hydrogen-bond acceptors (Lipinski definition) is 4. The van der Waals surface area contributed by atoms with Crippen LogP contribution in [-0.4, -0.2) is 44.2 Å². The molecule has 0 spiro atoms. The number of carbonyl (C=O) groups is 1. The van der Waals surface area contributed by atoms with E-state index in [2.05, 4.69) is 18.3 Å². The van der Waals surface area contributed by atoms with Gasteiger partial charge in [-0.25, -0.2) is 0 Å². The van der Waals surface area contributed by atoms with Crippen LogP contribution >= 0.6 is 0 Å². The van der Waals surface area contributed by atoms with Crippen LogP contribution in [0.1, 0.15) is 24.5 Å². The number of methoxy groups -OCH3 is 1. The maximum Gasteiger partial charge on any atom is 0.236 e. The number of rotatable bonds is 9. The molecule has 5 heteroatoms. The van der Waals surface area contributed by atoms with E-state index in [0.717, 1.165) is 18.5 Å². The van der Waals surface area contributed by atoms with Crippen molar-refractivity contribution in [3.8, 4) is 6.07 Å². The zero-order chi connectivity index (χ0) is 15.5. The van der Waals surface area contributed by atoms with E-state index < -0.39 is 0 Å². The Kier molecular flexibility index (Phi) is 8.10. The number of nitriles is 1. The van der Waals surface area contributed by atoms with Gasteiger partial charge in [-0.15, -0.1) is 0 Å². The molecule has 1 rings (SSSR count). The number of hydrogen-bond donors (Lipinski definition) is 1. The first-order valence-corrected chi connectivity index (χ1v) is 7.17. The fourth-order valence-corrected chi connectivity index (χ4v) is 1.95. The Bertz CT molecular complexity index is 465. The molecule has 1 amide bonds. The van der Waals surface area contributed by atoms with Gasteiger partial charge in [-0.1, -0.05) is 19.1 Å². The largest absolute Gasteiger partial charge is 0.383 e. The molecule has 21 heavy (non-hydrogen) atoms. The summed E-state index contributed by atoms with van der Waals surface area (Å²) in [5.41, 5.74) is 1.67. The molecule has 0 aliphatic rings. The summed E-state index contributed by atoms with van der Waals surface area (Å²) >= 11 is 0. The van der Waals surface area contributed by atoms with Crippen molar-refractivity contribution in [2.75, 3.05) is 33.4 Å². The molecule has 0 radical (unpaired) electrons. The highest BCUT2D eigenvalue weighted by Crippen LogP contribution is 2.08. The summed E-state index contributed by atoms with van der Waals surface area (Å²) in [6.45, 7) is 4.93. The van der Waals surface area contributed by atoms with Gasteiger partial charge in [0, 0.05) is 26.7 Å². The van der Waals surface area contributed by atoms with E-state index in [4.69, 9.17) is 10.00 Å². The zero-order valence-electron chi connectivity index (χ0n) is 12.8. The summed E-state index contributed by atoms with van der Waals surface area (Å²) in [5.74, 6) is 0.0808. The third-order valence-corrected chi connectivity index (χ3v) is 3.06. The summed E-state index contributed by atoms with van der Waals surface area (Å²) in [4.78, 5) is 14.0. The lowest BCUT2D eigenvalue weighted by molar-refractivity contribution is -0.130. The number of nitrogens with one attached hydrogen (secondary N) is 1. The van der Waals surface area contributed by atoms with E-state index in [1.54, 1.807) is 19.2 Å². The fraction of sp³-hybridized carbons (Fsp3) is 0.500. The van der Waals surface area contributed by atoms with Crippen LogP contribution in [-0.2, 0) is 16.1 Å². The molecule has 0 bridgehead atoms. The molecule has 0 saturated carbocycles. The quantitative estimate of drug-likeness (QED) is 0.700. The molecule has 0 aromatic heterocycles. The van der Waals surface area contributed by atoms with Gasteiger partial charge in [0.15, 0.2) is 0 Å². The molecule has 5 nitrogen and oxygen atoms in total. The topological polar surface area (TPSA) is 65.4 Å². The van der Waals surface area contributed by atoms with Crippen LogP contribution in [0.2, 0.25) is 0 Å². The van der Waals surface area contributed by atoms with Gasteiger partial charge in [-0.3, -0.25) is 4.79 Å². The Labute approximate surface area is 126 Å². The van der Waals surface area contributed by atoms with Crippen LogP contribution in [0.4, 0.5) is 0 Å². The van der Waals surface area contributed by atoms with E-state index in [9.17, 15) is 4.79 Å². The molecule has 0 heterocycles. The van der Waals surface area contributed by atoms with Crippen molar-refractivity contribution in [2.24, 2.45) is 0 Å². The van der Waals surface area contributed by atoms with E-state index >= 15 is 0 Å².